The zero-order valence-corrected chi connectivity index (χ0v) is 14.5. The van der Waals surface area contributed by atoms with E-state index in [9.17, 15) is 18.0 Å². The van der Waals surface area contributed by atoms with Gasteiger partial charge in [-0.25, -0.2) is 4.98 Å². The van der Waals surface area contributed by atoms with Gasteiger partial charge in [0.1, 0.15) is 5.82 Å². The molecule has 9 heteroatoms. The lowest BCUT2D eigenvalue weighted by Gasteiger charge is -2.29. The molecule has 140 valence electrons. The molecule has 0 radical (unpaired) electrons. The molecule has 1 aromatic heterocycles. The van der Waals surface area contributed by atoms with Crippen LogP contribution in [0, 0.1) is 0 Å². The molecule has 0 aliphatic carbocycles. The molecular weight excluding hydrogens is 369 g/mol. The number of carbonyl (C=O) groups is 1. The zero-order chi connectivity index (χ0) is 17.9. The van der Waals surface area contributed by atoms with Crippen LogP contribution in [0.4, 0.5) is 24.7 Å². The number of amides is 1. The van der Waals surface area contributed by atoms with E-state index in [0.717, 1.165) is 44.0 Å². The van der Waals surface area contributed by atoms with Crippen LogP contribution in [0.5, 0.6) is 0 Å². The van der Waals surface area contributed by atoms with Crippen molar-refractivity contribution >= 4 is 29.8 Å². The van der Waals surface area contributed by atoms with Crippen molar-refractivity contribution in [1.82, 2.24) is 10.3 Å². The molecule has 2 heterocycles. The van der Waals surface area contributed by atoms with Gasteiger partial charge in [0.25, 0.3) is 5.91 Å². The quantitative estimate of drug-likeness (QED) is 0.850. The Kier molecular flexibility index (Phi) is 6.44. The maximum atomic E-state index is 13.0. The summed E-state index contributed by atoms with van der Waals surface area (Å²) in [5, 5.41) is 5.67. The first kappa shape index (κ1) is 20.0. The lowest BCUT2D eigenvalue weighted by Crippen LogP contribution is -2.43. The van der Waals surface area contributed by atoms with Crippen LogP contribution >= 0.6 is 12.4 Å². The highest BCUT2D eigenvalue weighted by Crippen LogP contribution is 2.32. The lowest BCUT2D eigenvalue weighted by atomic mass is 10.1. The molecule has 0 atom stereocenters. The first-order chi connectivity index (χ1) is 11.9. The van der Waals surface area contributed by atoms with Crippen LogP contribution in [0.25, 0.3) is 0 Å². The van der Waals surface area contributed by atoms with Crippen molar-refractivity contribution in [2.24, 2.45) is 0 Å². The molecule has 0 spiro atoms. The Hall–Kier alpha value is -2.32. The molecular formula is C17H18ClF3N4O. The second kappa shape index (κ2) is 8.37. The van der Waals surface area contributed by atoms with E-state index < -0.39 is 23.2 Å². The van der Waals surface area contributed by atoms with E-state index in [1.165, 1.54) is 12.1 Å². The van der Waals surface area contributed by atoms with Crippen molar-refractivity contribution in [2.75, 3.05) is 36.4 Å². The summed E-state index contributed by atoms with van der Waals surface area (Å²) in [4.78, 5) is 18.5. The Labute approximate surface area is 155 Å². The van der Waals surface area contributed by atoms with Crippen LogP contribution < -0.4 is 15.5 Å². The highest BCUT2D eigenvalue weighted by Gasteiger charge is 2.34. The Morgan fingerprint density at radius 1 is 1.12 bits per heavy atom. The highest BCUT2D eigenvalue weighted by atomic mass is 35.5. The highest BCUT2D eigenvalue weighted by molar-refractivity contribution is 6.05. The number of carbonyl (C=O) groups excluding carboxylic acids is 1. The van der Waals surface area contributed by atoms with Gasteiger partial charge < -0.3 is 15.5 Å². The standard InChI is InChI=1S/C17H17F3N4O.ClH/c18-17(19,20)14-4-2-1-3-13(14)16(25)23-15-6-5-12(11-22-15)24-9-7-21-8-10-24;/h1-6,11,21H,7-10H2,(H,22,23,25);1H. The summed E-state index contributed by atoms with van der Waals surface area (Å²) in [7, 11) is 0. The normalized spacial score (nSPS) is 14.5. The van der Waals surface area contributed by atoms with Crippen LogP contribution in [0.2, 0.25) is 0 Å². The van der Waals surface area contributed by atoms with Gasteiger partial charge in [-0.1, -0.05) is 12.1 Å². The molecule has 26 heavy (non-hydrogen) atoms. The molecule has 2 N–H and O–H groups in total. The van der Waals surface area contributed by atoms with E-state index in [-0.39, 0.29) is 18.2 Å². The Bertz CT molecular complexity index is 746. The maximum absolute atomic E-state index is 13.0. The Morgan fingerprint density at radius 3 is 2.42 bits per heavy atom. The first-order valence-electron chi connectivity index (χ1n) is 7.84. The summed E-state index contributed by atoms with van der Waals surface area (Å²) < 4.78 is 39.0. The summed E-state index contributed by atoms with van der Waals surface area (Å²) in [5.41, 5.74) is -0.483. The van der Waals surface area contributed by atoms with Gasteiger partial charge in [-0.15, -0.1) is 12.4 Å². The SMILES string of the molecule is Cl.O=C(Nc1ccc(N2CCNCC2)cn1)c1ccccc1C(F)(F)F. The van der Waals surface area contributed by atoms with Gasteiger partial charge in [0, 0.05) is 26.2 Å². The fourth-order valence-electron chi connectivity index (χ4n) is 2.68. The Balaban J connectivity index is 0.00000243. The van der Waals surface area contributed by atoms with Crippen LogP contribution in [0.3, 0.4) is 0 Å². The fraction of sp³-hybridized carbons (Fsp3) is 0.294. The molecule has 1 aliphatic heterocycles. The number of anilines is 2. The monoisotopic (exact) mass is 386 g/mol. The van der Waals surface area contributed by atoms with E-state index in [1.54, 1.807) is 18.3 Å². The number of nitrogens with one attached hydrogen (secondary N) is 2. The molecule has 0 unspecified atom stereocenters. The number of benzene rings is 1. The van der Waals surface area contributed by atoms with Crippen molar-refractivity contribution in [1.29, 1.82) is 0 Å². The molecule has 1 amide bonds. The van der Waals surface area contributed by atoms with Crippen LogP contribution in [0.15, 0.2) is 42.6 Å². The number of hydrogen-bond donors (Lipinski definition) is 2. The third-order valence-electron chi connectivity index (χ3n) is 3.95. The van der Waals surface area contributed by atoms with Gasteiger partial charge in [-0.05, 0) is 24.3 Å². The lowest BCUT2D eigenvalue weighted by molar-refractivity contribution is -0.137. The number of pyridine rings is 1. The van der Waals surface area contributed by atoms with E-state index >= 15 is 0 Å². The van der Waals surface area contributed by atoms with Crippen molar-refractivity contribution in [3.05, 3.63) is 53.7 Å². The second-order valence-corrected chi connectivity index (χ2v) is 5.64. The first-order valence-corrected chi connectivity index (χ1v) is 7.84. The number of piperazine rings is 1. The third-order valence-corrected chi connectivity index (χ3v) is 3.95. The minimum atomic E-state index is -4.59. The van der Waals surface area contributed by atoms with Gasteiger partial charge in [-0.3, -0.25) is 4.79 Å². The number of rotatable bonds is 3. The van der Waals surface area contributed by atoms with E-state index in [2.05, 4.69) is 20.5 Å². The van der Waals surface area contributed by atoms with E-state index in [4.69, 9.17) is 0 Å². The number of aromatic nitrogens is 1. The van der Waals surface area contributed by atoms with Gasteiger partial charge in [-0.2, -0.15) is 13.2 Å². The van der Waals surface area contributed by atoms with Gasteiger partial charge >= 0.3 is 6.18 Å². The topological polar surface area (TPSA) is 57.3 Å². The number of nitrogens with zero attached hydrogens (tertiary/aromatic N) is 2. The molecule has 5 nitrogen and oxygen atoms in total. The Morgan fingerprint density at radius 2 is 1.81 bits per heavy atom. The van der Waals surface area contributed by atoms with E-state index in [1.807, 2.05) is 0 Å². The van der Waals surface area contributed by atoms with Gasteiger partial charge in [0.2, 0.25) is 0 Å². The molecule has 0 saturated carbocycles. The summed E-state index contributed by atoms with van der Waals surface area (Å²) >= 11 is 0. The minimum Gasteiger partial charge on any atom is -0.368 e. The van der Waals surface area contributed by atoms with Crippen LogP contribution in [-0.2, 0) is 6.18 Å². The summed E-state index contributed by atoms with van der Waals surface area (Å²) in [6, 6.07) is 8.06. The minimum absolute atomic E-state index is 0. The summed E-state index contributed by atoms with van der Waals surface area (Å²) in [5.74, 6) is -0.629. The van der Waals surface area contributed by atoms with Gasteiger partial charge in [0.05, 0.1) is 23.0 Å². The number of hydrogen-bond acceptors (Lipinski definition) is 4. The number of halogens is 4. The smallest absolute Gasteiger partial charge is 0.368 e. The van der Waals surface area contributed by atoms with Crippen molar-refractivity contribution in [2.45, 2.75) is 6.18 Å². The molecule has 3 rings (SSSR count). The molecule has 1 aromatic carbocycles. The zero-order valence-electron chi connectivity index (χ0n) is 13.7. The fourth-order valence-corrected chi connectivity index (χ4v) is 2.68. The largest absolute Gasteiger partial charge is 0.417 e. The van der Waals surface area contributed by atoms with Crippen molar-refractivity contribution in [3.8, 4) is 0 Å². The number of alkyl halides is 3. The van der Waals surface area contributed by atoms with Crippen LogP contribution in [-0.4, -0.2) is 37.1 Å². The predicted octanol–water partition coefficient (Wildman–Crippen LogP) is 3.18. The maximum Gasteiger partial charge on any atom is 0.417 e. The third kappa shape index (κ3) is 4.64. The van der Waals surface area contributed by atoms with E-state index in [0.29, 0.717) is 0 Å². The van der Waals surface area contributed by atoms with Crippen molar-refractivity contribution < 1.29 is 18.0 Å². The molecule has 2 aromatic rings. The second-order valence-electron chi connectivity index (χ2n) is 5.64. The molecule has 1 fully saturated rings. The van der Waals surface area contributed by atoms with Crippen molar-refractivity contribution in [3.63, 3.8) is 0 Å². The molecule has 1 saturated heterocycles. The average Bonchev–Trinajstić information content (AvgIpc) is 2.62. The molecule has 0 bridgehead atoms. The average molecular weight is 387 g/mol. The van der Waals surface area contributed by atoms with Crippen LogP contribution in [0.1, 0.15) is 15.9 Å². The summed E-state index contributed by atoms with van der Waals surface area (Å²) in [6.45, 7) is 3.47. The predicted molar refractivity (Wildman–Crippen MR) is 96.0 cm³/mol. The van der Waals surface area contributed by atoms with Gasteiger partial charge in [0.15, 0.2) is 0 Å². The molecule has 1 aliphatic rings. The summed E-state index contributed by atoms with van der Waals surface area (Å²) in [6.07, 6.45) is -2.98.